The molecular formula is C31H49NO3. The second kappa shape index (κ2) is 7.92. The molecule has 0 aromatic rings. The quantitative estimate of drug-likeness (QED) is 0.253. The molecule has 0 amide bonds. The van der Waals surface area contributed by atoms with Crippen LogP contribution in [0, 0.1) is 66.8 Å². The fourth-order valence-corrected chi connectivity index (χ4v) is 11.7. The third kappa shape index (κ3) is 3.26. The van der Waals surface area contributed by atoms with Crippen molar-refractivity contribution < 1.29 is 10.0 Å². The molecule has 1 N–H and O–H groups in total. The van der Waals surface area contributed by atoms with E-state index in [0.29, 0.717) is 29.6 Å². The van der Waals surface area contributed by atoms with Crippen LogP contribution in [0.15, 0.2) is 24.4 Å². The number of hydrogen-bond donors (Lipinski definition) is 1. The average molecular weight is 484 g/mol. The Morgan fingerprint density at radius 3 is 2.29 bits per heavy atom. The minimum absolute atomic E-state index is 0.0162. The molecule has 4 nitrogen and oxygen atoms in total. The zero-order valence-electron chi connectivity index (χ0n) is 23.1. The maximum Gasteiger partial charge on any atom is 0.231 e. The van der Waals surface area contributed by atoms with Crippen molar-refractivity contribution >= 4 is 0 Å². The van der Waals surface area contributed by atoms with Gasteiger partial charge in [0.05, 0.1) is 11.0 Å². The van der Waals surface area contributed by atoms with Crippen LogP contribution in [0.1, 0.15) is 106 Å². The number of aliphatic hydroxyl groups is 1. The number of fused-ring (bicyclic) bond motifs is 7. The molecule has 4 heteroatoms. The van der Waals surface area contributed by atoms with Gasteiger partial charge in [0.25, 0.3) is 0 Å². The van der Waals surface area contributed by atoms with E-state index in [1.165, 1.54) is 43.9 Å². The maximum absolute atomic E-state index is 11.4. The van der Waals surface area contributed by atoms with E-state index in [-0.39, 0.29) is 38.1 Å². The molecule has 0 heterocycles. The number of nitrogens with zero attached hydrogens (tertiary/aromatic N) is 1. The molecule has 5 rings (SSSR count). The number of allylic oxidation sites excluding steroid dienone is 2. The van der Waals surface area contributed by atoms with Crippen LogP contribution in [0.3, 0.4) is 0 Å². The first-order chi connectivity index (χ1) is 16.2. The highest BCUT2D eigenvalue weighted by atomic mass is 16.6. The molecular weight excluding hydrogens is 434 g/mol. The van der Waals surface area contributed by atoms with Gasteiger partial charge in [-0.1, -0.05) is 46.8 Å². The van der Waals surface area contributed by atoms with E-state index in [0.717, 1.165) is 32.1 Å². The zero-order chi connectivity index (χ0) is 25.6. The molecule has 5 saturated carbocycles. The molecule has 5 aliphatic carbocycles. The summed E-state index contributed by atoms with van der Waals surface area (Å²) >= 11 is 0. The molecule has 4 unspecified atom stereocenters. The van der Waals surface area contributed by atoms with E-state index in [2.05, 4.69) is 48.1 Å². The Hall–Kier alpha value is -1.16. The van der Waals surface area contributed by atoms with Crippen molar-refractivity contribution in [2.75, 3.05) is 0 Å². The lowest BCUT2D eigenvalue weighted by molar-refractivity contribution is -0.403. The van der Waals surface area contributed by atoms with Crippen LogP contribution in [0.25, 0.3) is 0 Å². The third-order valence-corrected chi connectivity index (χ3v) is 13.6. The second-order valence-corrected chi connectivity index (χ2v) is 14.9. The van der Waals surface area contributed by atoms with Crippen molar-refractivity contribution in [1.29, 1.82) is 0 Å². The molecule has 5 fully saturated rings. The van der Waals surface area contributed by atoms with E-state index in [4.69, 9.17) is 0 Å². The molecule has 0 radical (unpaired) electrons. The van der Waals surface area contributed by atoms with Crippen LogP contribution < -0.4 is 0 Å². The van der Waals surface area contributed by atoms with E-state index in [1.54, 1.807) is 0 Å². The smallest absolute Gasteiger partial charge is 0.231 e. The normalized spacial score (nSPS) is 52.8. The van der Waals surface area contributed by atoms with Crippen LogP contribution in [-0.2, 0) is 0 Å². The molecule has 0 bridgehead atoms. The van der Waals surface area contributed by atoms with Crippen molar-refractivity contribution in [2.45, 2.75) is 112 Å². The van der Waals surface area contributed by atoms with Crippen LogP contribution in [0.5, 0.6) is 0 Å². The van der Waals surface area contributed by atoms with Crippen LogP contribution in [0.2, 0.25) is 0 Å². The molecule has 0 aliphatic heterocycles. The first-order valence-corrected chi connectivity index (χ1v) is 14.4. The monoisotopic (exact) mass is 483 g/mol. The van der Waals surface area contributed by atoms with Gasteiger partial charge in [-0.3, -0.25) is 10.1 Å². The van der Waals surface area contributed by atoms with Gasteiger partial charge in [0.1, 0.15) is 0 Å². The summed E-state index contributed by atoms with van der Waals surface area (Å²) in [6.07, 6.45) is 14.6. The van der Waals surface area contributed by atoms with Crippen molar-refractivity contribution in [1.82, 2.24) is 0 Å². The standard InChI is InChI=1S/C31H49NO3/c1-20(2)21-10-15-31(18-19-32(34)35)17-16-29(6)22(26(21)31)8-9-24-28(5)13-12-25(33)27(3,4)23(28)11-14-30(24,29)7/h18-19,21-26,33H,1,8-17H2,2-7H3/t21-,22?,23?,24?,25-,26?,28-,29+,30+,31+/m0/s1. The molecule has 0 aromatic heterocycles. The highest BCUT2D eigenvalue weighted by molar-refractivity contribution is 5.24. The topological polar surface area (TPSA) is 63.4 Å². The first-order valence-electron chi connectivity index (χ1n) is 14.4. The second-order valence-electron chi connectivity index (χ2n) is 14.9. The van der Waals surface area contributed by atoms with E-state index >= 15 is 0 Å². The van der Waals surface area contributed by atoms with Crippen LogP contribution in [-0.4, -0.2) is 16.1 Å². The van der Waals surface area contributed by atoms with Crippen LogP contribution >= 0.6 is 0 Å². The Labute approximate surface area is 213 Å². The SMILES string of the molecule is C=C(C)[C@@H]1CC[C@]2(C=C[N+](=O)[O-])CC[C@]3(C)C(CCC4[C@@]5(C)CC[C@H](O)C(C)(C)C5CC[C@]43C)C12. The zero-order valence-corrected chi connectivity index (χ0v) is 23.1. The Bertz CT molecular complexity index is 940. The Morgan fingerprint density at radius 1 is 0.914 bits per heavy atom. The average Bonchev–Trinajstić information content (AvgIpc) is 3.16. The predicted molar refractivity (Wildman–Crippen MR) is 141 cm³/mol. The minimum atomic E-state index is -0.257. The van der Waals surface area contributed by atoms with Crippen molar-refractivity contribution in [3.05, 3.63) is 34.5 Å². The predicted octanol–water partition coefficient (Wildman–Crippen LogP) is 7.80. The van der Waals surface area contributed by atoms with Gasteiger partial charge in [0.2, 0.25) is 6.20 Å². The van der Waals surface area contributed by atoms with Crippen LogP contribution in [0.4, 0.5) is 0 Å². The summed E-state index contributed by atoms with van der Waals surface area (Å²) < 4.78 is 0. The van der Waals surface area contributed by atoms with Crippen molar-refractivity contribution in [2.24, 2.45) is 56.7 Å². The molecule has 0 aromatic carbocycles. The molecule has 5 aliphatic rings. The number of hydrogen-bond acceptors (Lipinski definition) is 3. The molecule has 10 atom stereocenters. The number of aliphatic hydroxyl groups excluding tert-OH is 1. The summed E-state index contributed by atoms with van der Waals surface area (Å²) in [4.78, 5) is 11.1. The van der Waals surface area contributed by atoms with Gasteiger partial charge >= 0.3 is 0 Å². The lowest BCUT2D eigenvalue weighted by Gasteiger charge is -2.72. The fourth-order valence-electron chi connectivity index (χ4n) is 11.7. The van der Waals surface area contributed by atoms with Gasteiger partial charge in [0.15, 0.2) is 0 Å². The van der Waals surface area contributed by atoms with Gasteiger partial charge in [0, 0.05) is 0 Å². The lowest BCUT2D eigenvalue weighted by atomic mass is 9.32. The largest absolute Gasteiger partial charge is 0.393 e. The van der Waals surface area contributed by atoms with Gasteiger partial charge in [-0.05, 0) is 134 Å². The molecule has 35 heavy (non-hydrogen) atoms. The van der Waals surface area contributed by atoms with Crippen molar-refractivity contribution in [3.8, 4) is 0 Å². The van der Waals surface area contributed by atoms with E-state index < -0.39 is 0 Å². The fraction of sp³-hybridized carbons (Fsp3) is 0.871. The first kappa shape index (κ1) is 25.5. The minimum Gasteiger partial charge on any atom is -0.393 e. The number of nitro groups is 1. The Kier molecular flexibility index (Phi) is 5.77. The van der Waals surface area contributed by atoms with Crippen molar-refractivity contribution in [3.63, 3.8) is 0 Å². The number of rotatable bonds is 3. The summed E-state index contributed by atoms with van der Waals surface area (Å²) in [6, 6.07) is 0. The van der Waals surface area contributed by atoms with E-state index in [9.17, 15) is 15.2 Å². The summed E-state index contributed by atoms with van der Waals surface area (Å²) in [5.74, 6) is 2.82. The third-order valence-electron chi connectivity index (χ3n) is 13.6. The highest BCUT2D eigenvalue weighted by Crippen LogP contribution is 2.77. The van der Waals surface area contributed by atoms with Gasteiger partial charge in [-0.15, -0.1) is 0 Å². The molecule has 196 valence electrons. The lowest BCUT2D eigenvalue weighted by Crippen LogP contribution is -2.66. The maximum atomic E-state index is 11.4. The molecule has 0 spiro atoms. The van der Waals surface area contributed by atoms with Gasteiger partial charge in [-0.25, -0.2) is 0 Å². The summed E-state index contributed by atoms with van der Waals surface area (Å²) in [5, 5.41) is 22.3. The summed E-state index contributed by atoms with van der Waals surface area (Å²) in [7, 11) is 0. The Morgan fingerprint density at radius 2 is 1.63 bits per heavy atom. The molecule has 0 saturated heterocycles. The highest BCUT2D eigenvalue weighted by Gasteiger charge is 2.70. The Balaban J connectivity index is 1.55. The van der Waals surface area contributed by atoms with Gasteiger partial charge in [-0.2, -0.15) is 0 Å². The summed E-state index contributed by atoms with van der Waals surface area (Å²) in [5.41, 5.74) is 2.04. The van der Waals surface area contributed by atoms with Gasteiger partial charge < -0.3 is 5.11 Å². The summed E-state index contributed by atoms with van der Waals surface area (Å²) in [6.45, 7) is 19.1. The van der Waals surface area contributed by atoms with E-state index in [1.807, 2.05) is 6.08 Å².